The van der Waals surface area contributed by atoms with Crippen LogP contribution in [-0.2, 0) is 24.7 Å². The van der Waals surface area contributed by atoms with E-state index in [1.807, 2.05) is 18.2 Å². The summed E-state index contributed by atoms with van der Waals surface area (Å²) in [5.41, 5.74) is 2.14. The van der Waals surface area contributed by atoms with Crippen LogP contribution in [0.1, 0.15) is 40.9 Å². The van der Waals surface area contributed by atoms with Gasteiger partial charge in [0.05, 0.1) is 23.1 Å². The molecule has 1 aromatic heterocycles. The summed E-state index contributed by atoms with van der Waals surface area (Å²) in [5.74, 6) is -0.923. The number of benzene rings is 2. The van der Waals surface area contributed by atoms with Crippen LogP contribution < -0.4 is 4.90 Å². The van der Waals surface area contributed by atoms with Gasteiger partial charge >= 0.3 is 11.9 Å². The molecule has 2 aromatic carbocycles. The fourth-order valence-corrected chi connectivity index (χ4v) is 4.14. The van der Waals surface area contributed by atoms with E-state index in [4.69, 9.17) is 9.47 Å². The van der Waals surface area contributed by atoms with Crippen LogP contribution in [0.4, 0.5) is 11.4 Å². The monoisotopic (exact) mass is 426 g/mol. The van der Waals surface area contributed by atoms with E-state index in [-0.39, 0.29) is 0 Å². The number of hydrogen-bond acceptors (Lipinski definition) is 6. The minimum Gasteiger partial charge on any atom is -0.444 e. The molecule has 3 aromatic rings. The maximum absolute atomic E-state index is 13.4. The number of anilines is 2. The van der Waals surface area contributed by atoms with Crippen LogP contribution in [-0.4, -0.2) is 22.8 Å². The fraction of sp³-hybridized carbons (Fsp3) is 0.120. The number of fused-ring (bicyclic) bond motifs is 2. The van der Waals surface area contributed by atoms with Gasteiger partial charge in [-0.25, -0.2) is 4.79 Å². The van der Waals surface area contributed by atoms with E-state index >= 15 is 0 Å². The molecule has 0 N–H and O–H groups in total. The summed E-state index contributed by atoms with van der Waals surface area (Å²) in [6.07, 6.45) is 4.88. The summed E-state index contributed by atoms with van der Waals surface area (Å²) >= 11 is 0. The highest BCUT2D eigenvalue weighted by Gasteiger charge is 2.51. The maximum atomic E-state index is 13.4. The van der Waals surface area contributed by atoms with Crippen molar-refractivity contribution in [1.82, 2.24) is 4.98 Å². The molecule has 0 radical (unpaired) electrons. The predicted octanol–water partition coefficient (Wildman–Crippen LogP) is 4.21. The van der Waals surface area contributed by atoms with Crippen molar-refractivity contribution in [2.24, 2.45) is 0 Å². The largest absolute Gasteiger partial charge is 0.444 e. The van der Waals surface area contributed by atoms with E-state index in [0.29, 0.717) is 39.4 Å². The van der Waals surface area contributed by atoms with Gasteiger partial charge in [0.25, 0.3) is 5.91 Å². The molecular weight excluding hydrogens is 408 g/mol. The van der Waals surface area contributed by atoms with Crippen molar-refractivity contribution >= 4 is 41.1 Å². The smallest absolute Gasteiger partial charge is 0.344 e. The Hall–Kier alpha value is -4.26. The number of rotatable bonds is 3. The van der Waals surface area contributed by atoms with Crippen LogP contribution in [0.2, 0.25) is 0 Å². The van der Waals surface area contributed by atoms with Crippen molar-refractivity contribution in [3.05, 3.63) is 89.2 Å². The highest BCUT2D eigenvalue weighted by molar-refractivity contribution is 6.12. The van der Waals surface area contributed by atoms with Crippen LogP contribution in [0, 0.1) is 0 Å². The van der Waals surface area contributed by atoms with Gasteiger partial charge in [0.1, 0.15) is 5.76 Å². The SMILES string of the molecule is CC(=O)OC1(C)C(=O)N(c2cncc(C=C3OC(=O)c4ccccc43)c2)c2ccccc21. The normalized spacial score (nSPS) is 20.2. The maximum Gasteiger partial charge on any atom is 0.344 e. The molecule has 1 unspecified atom stereocenters. The van der Waals surface area contributed by atoms with Crippen molar-refractivity contribution in [3.8, 4) is 0 Å². The van der Waals surface area contributed by atoms with Gasteiger partial charge in [-0.15, -0.1) is 0 Å². The summed E-state index contributed by atoms with van der Waals surface area (Å²) in [6, 6.07) is 16.1. The van der Waals surface area contributed by atoms with E-state index in [1.165, 1.54) is 11.8 Å². The zero-order chi connectivity index (χ0) is 22.5. The number of carbonyl (C=O) groups excluding carboxylic acids is 3. The Kier molecular flexibility index (Phi) is 4.41. The summed E-state index contributed by atoms with van der Waals surface area (Å²) in [5, 5.41) is 0. The lowest BCUT2D eigenvalue weighted by Crippen LogP contribution is -2.39. The molecule has 5 rings (SSSR count). The van der Waals surface area contributed by atoms with E-state index in [0.717, 1.165) is 0 Å². The van der Waals surface area contributed by atoms with Gasteiger partial charge in [-0.1, -0.05) is 36.4 Å². The van der Waals surface area contributed by atoms with Gasteiger partial charge in [-0.3, -0.25) is 19.5 Å². The van der Waals surface area contributed by atoms with Gasteiger partial charge in [0.15, 0.2) is 0 Å². The number of aromatic nitrogens is 1. The second kappa shape index (κ2) is 7.16. The number of hydrogen-bond donors (Lipinski definition) is 0. The highest BCUT2D eigenvalue weighted by atomic mass is 16.6. The summed E-state index contributed by atoms with van der Waals surface area (Å²) in [4.78, 5) is 43.0. The summed E-state index contributed by atoms with van der Waals surface area (Å²) in [6.45, 7) is 2.86. The summed E-state index contributed by atoms with van der Waals surface area (Å²) in [7, 11) is 0. The Morgan fingerprint density at radius 2 is 1.78 bits per heavy atom. The Morgan fingerprint density at radius 3 is 2.56 bits per heavy atom. The van der Waals surface area contributed by atoms with E-state index in [2.05, 4.69) is 4.98 Å². The van der Waals surface area contributed by atoms with Gasteiger partial charge in [-0.2, -0.15) is 0 Å². The molecule has 1 atom stereocenters. The lowest BCUT2D eigenvalue weighted by atomic mass is 9.97. The molecule has 3 heterocycles. The quantitative estimate of drug-likeness (QED) is 0.584. The zero-order valence-electron chi connectivity index (χ0n) is 17.4. The van der Waals surface area contributed by atoms with Gasteiger partial charge in [-0.05, 0) is 36.8 Å². The molecule has 7 nitrogen and oxygen atoms in total. The molecule has 1 amide bonds. The third-order valence-corrected chi connectivity index (χ3v) is 5.53. The van der Waals surface area contributed by atoms with Crippen molar-refractivity contribution < 1.29 is 23.9 Å². The Morgan fingerprint density at radius 1 is 1.06 bits per heavy atom. The Bertz CT molecular complexity index is 1330. The first kappa shape index (κ1) is 19.7. The van der Waals surface area contributed by atoms with E-state index < -0.39 is 23.4 Å². The van der Waals surface area contributed by atoms with Crippen LogP contribution >= 0.6 is 0 Å². The van der Waals surface area contributed by atoms with Crippen LogP contribution in [0.5, 0.6) is 0 Å². The second-order valence-corrected chi connectivity index (χ2v) is 7.70. The number of para-hydroxylation sites is 1. The predicted molar refractivity (Wildman–Crippen MR) is 117 cm³/mol. The van der Waals surface area contributed by atoms with Gasteiger partial charge in [0.2, 0.25) is 5.60 Å². The first-order valence-electron chi connectivity index (χ1n) is 10.0. The van der Waals surface area contributed by atoms with Gasteiger partial charge < -0.3 is 9.47 Å². The lowest BCUT2D eigenvalue weighted by Gasteiger charge is -2.24. The minimum absolute atomic E-state index is 0.391. The number of ether oxygens (including phenoxy) is 2. The zero-order valence-corrected chi connectivity index (χ0v) is 17.4. The molecule has 7 heteroatoms. The first-order chi connectivity index (χ1) is 15.4. The molecule has 0 saturated carbocycles. The fourth-order valence-electron chi connectivity index (χ4n) is 4.14. The molecule has 0 fully saturated rings. The molecule has 158 valence electrons. The minimum atomic E-state index is -1.43. The number of pyridine rings is 1. The van der Waals surface area contributed by atoms with Crippen molar-refractivity contribution in [2.75, 3.05) is 4.90 Å². The van der Waals surface area contributed by atoms with Crippen molar-refractivity contribution in [1.29, 1.82) is 0 Å². The molecule has 32 heavy (non-hydrogen) atoms. The number of esters is 2. The molecule has 2 aliphatic rings. The molecular formula is C25H18N2O5. The standard InChI is InChI=1S/C25H18N2O5/c1-15(28)32-25(2)20-9-5-6-10-21(20)27(24(25)30)17-11-16(13-26-14-17)12-22-18-7-3-4-8-19(18)23(29)31-22/h3-14H,1-2H3. The number of carbonyl (C=O) groups is 3. The van der Waals surface area contributed by atoms with Crippen LogP contribution in [0.25, 0.3) is 11.8 Å². The first-order valence-corrected chi connectivity index (χ1v) is 10.0. The second-order valence-electron chi connectivity index (χ2n) is 7.70. The number of cyclic esters (lactones) is 1. The van der Waals surface area contributed by atoms with Crippen LogP contribution in [0.3, 0.4) is 0 Å². The van der Waals surface area contributed by atoms with Gasteiger partial charge in [0, 0.05) is 24.2 Å². The molecule has 0 bridgehead atoms. The number of amides is 1. The highest BCUT2D eigenvalue weighted by Crippen LogP contribution is 2.46. The van der Waals surface area contributed by atoms with Crippen LogP contribution in [0.15, 0.2) is 67.0 Å². The van der Waals surface area contributed by atoms with E-state index in [9.17, 15) is 14.4 Å². The summed E-state index contributed by atoms with van der Waals surface area (Å²) < 4.78 is 10.9. The van der Waals surface area contributed by atoms with E-state index in [1.54, 1.807) is 61.8 Å². The molecule has 2 aliphatic heterocycles. The third kappa shape index (κ3) is 2.98. The topological polar surface area (TPSA) is 85.8 Å². The Labute approximate surface area is 183 Å². The Balaban J connectivity index is 1.57. The molecule has 0 aliphatic carbocycles. The average Bonchev–Trinajstić information content (AvgIpc) is 3.20. The third-order valence-electron chi connectivity index (χ3n) is 5.53. The van der Waals surface area contributed by atoms with Crippen molar-refractivity contribution in [2.45, 2.75) is 19.4 Å². The molecule has 0 spiro atoms. The number of nitrogens with zero attached hydrogens (tertiary/aromatic N) is 2. The average molecular weight is 426 g/mol. The lowest BCUT2D eigenvalue weighted by molar-refractivity contribution is -0.163. The molecule has 0 saturated heterocycles. The van der Waals surface area contributed by atoms with Crippen molar-refractivity contribution in [3.63, 3.8) is 0 Å².